The third kappa shape index (κ3) is 1.20. The average Bonchev–Trinajstić information content (AvgIpc) is 1.84. The third-order valence-electron chi connectivity index (χ3n) is 2.11. The summed E-state index contributed by atoms with van der Waals surface area (Å²) in [5, 5.41) is 0.241. The molecule has 2 nitrogen and oxygen atoms in total. The Morgan fingerprint density at radius 2 is 2.27 bits per heavy atom. The second-order valence-corrected chi connectivity index (χ2v) is 10.2. The molecule has 1 aliphatic heterocycles. The molecule has 1 rings (SSSR count). The van der Waals surface area contributed by atoms with Crippen LogP contribution in [0.2, 0.25) is 24.8 Å². The van der Waals surface area contributed by atoms with Crippen molar-refractivity contribution in [2.24, 2.45) is 0 Å². The molecule has 1 saturated heterocycles. The van der Waals surface area contributed by atoms with Gasteiger partial charge in [0.1, 0.15) is 0 Å². The zero-order valence-electron chi connectivity index (χ0n) is 7.18. The molecule has 4 heteroatoms. The monoisotopic (exact) mass is 185 g/mol. The Labute approximate surface area is 70.0 Å². The molecule has 2 unspecified atom stereocenters. The van der Waals surface area contributed by atoms with Crippen molar-refractivity contribution in [3.05, 3.63) is 12.3 Å². The summed E-state index contributed by atoms with van der Waals surface area (Å²) in [6.07, 6.45) is 0. The zero-order chi connectivity index (χ0) is 8.65. The van der Waals surface area contributed by atoms with Crippen LogP contribution < -0.4 is 0 Å². The van der Waals surface area contributed by atoms with Crippen LogP contribution >= 0.6 is 0 Å². The summed E-state index contributed by atoms with van der Waals surface area (Å²) in [4.78, 5) is 11.0. The van der Waals surface area contributed by atoms with Gasteiger partial charge in [-0.05, 0) is 6.55 Å². The molecule has 0 spiro atoms. The van der Waals surface area contributed by atoms with Crippen LogP contribution in [-0.4, -0.2) is 23.1 Å². The van der Waals surface area contributed by atoms with Crippen molar-refractivity contribution in [1.29, 1.82) is 0 Å². The molecule has 1 aliphatic rings. The molecule has 0 bridgehead atoms. The van der Waals surface area contributed by atoms with E-state index < -0.39 is 17.1 Å². The summed E-state index contributed by atoms with van der Waals surface area (Å²) in [5.41, 5.74) is 1.87. The van der Waals surface area contributed by atoms with Crippen molar-refractivity contribution in [2.45, 2.75) is 24.8 Å². The predicted octanol–water partition coefficient (Wildman–Crippen LogP) is 1.51. The lowest BCUT2D eigenvalue weighted by Gasteiger charge is -2.42. The van der Waals surface area contributed by atoms with Crippen LogP contribution in [0.4, 0.5) is 0 Å². The van der Waals surface area contributed by atoms with Crippen LogP contribution in [0, 0.1) is 0 Å². The van der Waals surface area contributed by atoms with E-state index in [0.717, 1.165) is 0 Å². The molecule has 11 heavy (non-hydrogen) atoms. The van der Waals surface area contributed by atoms with Crippen molar-refractivity contribution in [3.8, 4) is 0 Å². The Morgan fingerprint density at radius 1 is 1.73 bits per heavy atom. The fourth-order valence-corrected chi connectivity index (χ4v) is 8.58. The Balaban J connectivity index is 2.76. The number of carbonyl (C=O) groups is 1. The first-order chi connectivity index (χ1) is 5.01. The minimum absolute atomic E-state index is 0.0120. The van der Waals surface area contributed by atoms with Gasteiger partial charge in [0.25, 0.3) is 14.3 Å². The minimum Gasteiger partial charge on any atom is -0.515 e. The largest absolute Gasteiger partial charge is 0.515 e. The summed E-state index contributed by atoms with van der Waals surface area (Å²) in [6.45, 7) is 10.1. The normalized spacial score (nSPS) is 36.4. The number of hydrogen-bond acceptors (Lipinski definition) is 2. The van der Waals surface area contributed by atoms with Crippen LogP contribution in [0.25, 0.3) is 0 Å². The van der Waals surface area contributed by atoms with Crippen molar-refractivity contribution in [1.82, 2.24) is 0 Å². The van der Waals surface area contributed by atoms with Gasteiger partial charge in [-0.1, -0.05) is 18.8 Å². The fraction of sp³-hybridized carbons (Fsp3) is 0.571. The van der Waals surface area contributed by atoms with E-state index in [4.69, 9.17) is 4.43 Å². The number of hydrogen-bond donors (Lipinski definition) is 0. The highest BCUT2D eigenvalue weighted by Crippen LogP contribution is 2.38. The summed E-state index contributed by atoms with van der Waals surface area (Å²) in [7, 11) is -2.29. The minimum atomic E-state index is -1.77. The highest BCUT2D eigenvalue weighted by Gasteiger charge is 2.55. The van der Waals surface area contributed by atoms with Gasteiger partial charge in [-0.25, -0.2) is 0 Å². The maximum atomic E-state index is 11.0. The van der Waals surface area contributed by atoms with Gasteiger partial charge >= 0.3 is 0 Å². The highest BCUT2D eigenvalue weighted by atomic mass is 28.4. The quantitative estimate of drug-likeness (QED) is 0.610. The number of carbonyl (C=O) groups excluding carboxylic acids is 1. The molecule has 0 amide bonds. The van der Waals surface area contributed by atoms with E-state index in [1.165, 1.54) is 0 Å². The summed E-state index contributed by atoms with van der Waals surface area (Å²) in [5.74, 6) is 0.0120. The Kier molecular flexibility index (Phi) is 2.07. The summed E-state index contributed by atoms with van der Waals surface area (Å²) < 4.78 is 5.16. The van der Waals surface area contributed by atoms with Crippen molar-refractivity contribution in [3.63, 3.8) is 0 Å². The molecular weight excluding hydrogens is 172 g/mol. The highest BCUT2D eigenvalue weighted by molar-refractivity contribution is 6.98. The smallest absolute Gasteiger partial charge is 0.293 e. The number of rotatable bonds is 2. The van der Waals surface area contributed by atoms with Crippen molar-refractivity contribution >= 4 is 23.1 Å². The van der Waals surface area contributed by atoms with Crippen LogP contribution in [0.1, 0.15) is 0 Å². The Bertz CT molecular complexity index is 203. The zero-order valence-corrected chi connectivity index (χ0v) is 9.18. The third-order valence-corrected chi connectivity index (χ3v) is 9.79. The first-order valence-corrected chi connectivity index (χ1v) is 8.82. The van der Waals surface area contributed by atoms with Gasteiger partial charge in [0.2, 0.25) is 0 Å². The predicted molar refractivity (Wildman–Crippen MR) is 49.1 cm³/mol. The van der Waals surface area contributed by atoms with Gasteiger partial charge in [0.15, 0.2) is 0 Å². The molecule has 0 aromatic heterocycles. The van der Waals surface area contributed by atoms with Gasteiger partial charge in [-0.15, -0.1) is 6.58 Å². The molecule has 1 heterocycles. The average molecular weight is 185 g/mol. The standard InChI is InChI=1S/C7H13O2Si2/c1-5-11(4)7(10(2)3)6(8)9-11/h5,7H,1H2,2-4H3. The van der Waals surface area contributed by atoms with Crippen LogP contribution in [-0.2, 0) is 9.22 Å². The maximum Gasteiger partial charge on any atom is 0.293 e. The molecule has 0 N–H and O–H groups in total. The second-order valence-electron chi connectivity index (χ2n) is 3.32. The van der Waals surface area contributed by atoms with E-state index in [1.54, 1.807) is 0 Å². The molecule has 0 aromatic carbocycles. The molecule has 0 aliphatic carbocycles. The molecule has 1 radical (unpaired) electrons. The van der Waals surface area contributed by atoms with Gasteiger partial charge in [0.05, 0.1) is 14.0 Å². The lowest BCUT2D eigenvalue weighted by molar-refractivity contribution is -0.138. The van der Waals surface area contributed by atoms with Gasteiger partial charge in [0, 0.05) is 0 Å². The van der Waals surface area contributed by atoms with E-state index in [1.807, 2.05) is 5.70 Å². The lowest BCUT2D eigenvalue weighted by Crippen LogP contribution is -2.59. The Morgan fingerprint density at radius 3 is 2.45 bits per heavy atom. The summed E-state index contributed by atoms with van der Waals surface area (Å²) >= 11 is 0. The van der Waals surface area contributed by atoms with Gasteiger partial charge in [-0.2, -0.15) is 0 Å². The molecule has 1 fully saturated rings. The molecular formula is C7H13O2Si2. The van der Waals surface area contributed by atoms with Gasteiger partial charge < -0.3 is 4.43 Å². The molecule has 0 aromatic rings. The van der Waals surface area contributed by atoms with E-state index in [9.17, 15) is 4.79 Å². The van der Waals surface area contributed by atoms with Crippen molar-refractivity contribution in [2.75, 3.05) is 0 Å². The summed E-state index contributed by atoms with van der Waals surface area (Å²) in [6, 6.07) is 0. The van der Waals surface area contributed by atoms with Crippen LogP contribution in [0.3, 0.4) is 0 Å². The molecule has 61 valence electrons. The van der Waals surface area contributed by atoms with E-state index in [-0.39, 0.29) is 11.1 Å². The van der Waals surface area contributed by atoms with Crippen LogP contribution in [0.15, 0.2) is 12.3 Å². The van der Waals surface area contributed by atoms with E-state index in [2.05, 4.69) is 26.2 Å². The first-order valence-electron chi connectivity index (χ1n) is 3.68. The van der Waals surface area contributed by atoms with E-state index in [0.29, 0.717) is 0 Å². The Hall–Kier alpha value is -0.356. The maximum absolute atomic E-state index is 11.0. The molecule has 0 saturated carbocycles. The van der Waals surface area contributed by atoms with Crippen LogP contribution in [0.5, 0.6) is 0 Å². The first kappa shape index (κ1) is 8.74. The lowest BCUT2D eigenvalue weighted by atomic mass is 10.8. The topological polar surface area (TPSA) is 26.3 Å². The van der Waals surface area contributed by atoms with Gasteiger partial charge in [-0.3, -0.25) is 4.79 Å². The molecule has 2 atom stereocenters. The fourth-order valence-electron chi connectivity index (χ4n) is 1.48. The van der Waals surface area contributed by atoms with E-state index >= 15 is 0 Å². The second kappa shape index (κ2) is 2.60. The SMILES string of the molecule is C=C[Si]1(C)OC(=O)C1[Si](C)C. The van der Waals surface area contributed by atoms with Crippen molar-refractivity contribution < 1.29 is 9.22 Å².